The van der Waals surface area contributed by atoms with Gasteiger partial charge in [-0.05, 0) is 29.7 Å². The number of hydrogen-bond acceptors (Lipinski definition) is 3. The first kappa shape index (κ1) is 12.5. The molecule has 0 saturated heterocycles. The van der Waals surface area contributed by atoms with Gasteiger partial charge in [-0.25, -0.2) is 0 Å². The van der Waals surface area contributed by atoms with Crippen molar-refractivity contribution in [2.75, 3.05) is 0 Å². The van der Waals surface area contributed by atoms with E-state index in [4.69, 9.17) is 23.2 Å². The molecule has 1 N–H and O–H groups in total. The maximum Gasteiger partial charge on any atom is 0.0938 e. The van der Waals surface area contributed by atoms with Crippen molar-refractivity contribution >= 4 is 56.0 Å². The molecule has 0 aliphatic carbocycles. The van der Waals surface area contributed by atoms with Crippen LogP contribution in [0.1, 0.15) is 4.88 Å². The van der Waals surface area contributed by atoms with Gasteiger partial charge in [-0.1, -0.05) is 29.3 Å². The first-order valence-corrected chi connectivity index (χ1v) is 7.65. The zero-order chi connectivity index (χ0) is 12.7. The highest BCUT2D eigenvalue weighted by molar-refractivity contribution is 7.23. The molecule has 92 valence electrons. The van der Waals surface area contributed by atoms with Gasteiger partial charge in [0.2, 0.25) is 0 Å². The van der Waals surface area contributed by atoms with E-state index in [2.05, 4.69) is 6.07 Å². The van der Waals surface area contributed by atoms with Gasteiger partial charge < -0.3 is 5.11 Å². The van der Waals surface area contributed by atoms with Crippen molar-refractivity contribution in [3.63, 3.8) is 0 Å². The van der Waals surface area contributed by atoms with Crippen molar-refractivity contribution in [1.82, 2.24) is 0 Å². The number of halogens is 2. The molecule has 18 heavy (non-hydrogen) atoms. The smallest absolute Gasteiger partial charge is 0.0938 e. The summed E-state index contributed by atoms with van der Waals surface area (Å²) in [5.74, 6) is 0. The Kier molecular flexibility index (Phi) is 3.34. The van der Waals surface area contributed by atoms with Crippen molar-refractivity contribution in [1.29, 1.82) is 0 Å². The number of aliphatic hydroxyl groups excluding tert-OH is 1. The monoisotopic (exact) mass is 314 g/mol. The fraction of sp³-hybridized carbons (Fsp3) is 0.0769. The fourth-order valence-electron chi connectivity index (χ4n) is 1.86. The SMILES string of the molecule is OCc1sc(Cl)cc1-c1cc2ccc(Cl)cc2s1. The summed E-state index contributed by atoms with van der Waals surface area (Å²) in [5.41, 5.74) is 1.02. The van der Waals surface area contributed by atoms with Crippen LogP contribution in [0, 0.1) is 0 Å². The molecule has 0 spiro atoms. The highest BCUT2D eigenvalue weighted by atomic mass is 35.5. The van der Waals surface area contributed by atoms with Gasteiger partial charge in [-0.3, -0.25) is 0 Å². The highest BCUT2D eigenvalue weighted by Crippen LogP contribution is 2.40. The summed E-state index contributed by atoms with van der Waals surface area (Å²) in [4.78, 5) is 2.01. The van der Waals surface area contributed by atoms with Gasteiger partial charge in [0.25, 0.3) is 0 Å². The molecule has 0 radical (unpaired) electrons. The van der Waals surface area contributed by atoms with Crippen molar-refractivity contribution in [3.05, 3.63) is 44.6 Å². The minimum atomic E-state index is 0.0156. The van der Waals surface area contributed by atoms with Crippen LogP contribution in [0.5, 0.6) is 0 Å². The number of fused-ring (bicyclic) bond motifs is 1. The number of hydrogen-bond donors (Lipinski definition) is 1. The van der Waals surface area contributed by atoms with E-state index in [9.17, 15) is 5.11 Å². The average molecular weight is 315 g/mol. The van der Waals surface area contributed by atoms with E-state index in [0.717, 1.165) is 30.4 Å². The number of benzene rings is 1. The van der Waals surface area contributed by atoms with Crippen LogP contribution in [0.3, 0.4) is 0 Å². The summed E-state index contributed by atoms with van der Waals surface area (Å²) < 4.78 is 1.84. The number of thiophene rings is 2. The molecular formula is C13H8Cl2OS2. The lowest BCUT2D eigenvalue weighted by atomic mass is 10.2. The lowest BCUT2D eigenvalue weighted by molar-refractivity contribution is 0.286. The summed E-state index contributed by atoms with van der Waals surface area (Å²) in [6.45, 7) is 0.0156. The Hall–Kier alpha value is -0.580. The first-order chi connectivity index (χ1) is 8.67. The average Bonchev–Trinajstić information content (AvgIpc) is 2.91. The molecule has 0 bridgehead atoms. The molecule has 0 atom stereocenters. The Bertz CT molecular complexity index is 715. The van der Waals surface area contributed by atoms with Crippen LogP contribution in [0.2, 0.25) is 9.36 Å². The maximum atomic E-state index is 9.35. The van der Waals surface area contributed by atoms with E-state index < -0.39 is 0 Å². The predicted molar refractivity (Wildman–Crippen MR) is 81.1 cm³/mol. The molecule has 0 aliphatic rings. The zero-order valence-corrected chi connectivity index (χ0v) is 12.3. The third kappa shape index (κ3) is 2.17. The van der Waals surface area contributed by atoms with Gasteiger partial charge in [-0.2, -0.15) is 0 Å². The van der Waals surface area contributed by atoms with Crippen LogP contribution in [-0.4, -0.2) is 5.11 Å². The minimum absolute atomic E-state index is 0.0156. The van der Waals surface area contributed by atoms with Gasteiger partial charge in [0, 0.05) is 25.0 Å². The largest absolute Gasteiger partial charge is 0.391 e. The van der Waals surface area contributed by atoms with Crippen molar-refractivity contribution in [3.8, 4) is 10.4 Å². The number of aliphatic hydroxyl groups is 1. The zero-order valence-electron chi connectivity index (χ0n) is 9.11. The maximum absolute atomic E-state index is 9.35. The normalized spacial score (nSPS) is 11.3. The highest BCUT2D eigenvalue weighted by Gasteiger charge is 2.12. The molecule has 0 unspecified atom stereocenters. The third-order valence-electron chi connectivity index (χ3n) is 2.67. The Balaban J connectivity index is 2.18. The molecule has 5 heteroatoms. The first-order valence-electron chi connectivity index (χ1n) is 5.26. The van der Waals surface area contributed by atoms with E-state index in [1.807, 2.05) is 24.3 Å². The molecule has 3 rings (SSSR count). The van der Waals surface area contributed by atoms with E-state index in [0.29, 0.717) is 4.34 Å². The van der Waals surface area contributed by atoms with Crippen LogP contribution in [0.15, 0.2) is 30.3 Å². The Morgan fingerprint density at radius 3 is 2.67 bits per heavy atom. The molecule has 1 nitrogen and oxygen atoms in total. The Morgan fingerprint density at radius 1 is 1.06 bits per heavy atom. The second kappa shape index (κ2) is 4.83. The van der Waals surface area contributed by atoms with Gasteiger partial charge in [0.1, 0.15) is 0 Å². The molecule has 1 aromatic carbocycles. The van der Waals surface area contributed by atoms with Crippen LogP contribution in [0.4, 0.5) is 0 Å². The van der Waals surface area contributed by atoms with E-state index in [1.165, 1.54) is 11.3 Å². The molecule has 0 saturated carbocycles. The lowest BCUT2D eigenvalue weighted by Gasteiger charge is -1.95. The second-order valence-corrected chi connectivity index (χ2v) is 7.13. The quantitative estimate of drug-likeness (QED) is 0.668. The van der Waals surface area contributed by atoms with Crippen molar-refractivity contribution in [2.24, 2.45) is 0 Å². The van der Waals surface area contributed by atoms with Crippen LogP contribution in [0.25, 0.3) is 20.5 Å². The van der Waals surface area contributed by atoms with Gasteiger partial charge in [0.15, 0.2) is 0 Å². The summed E-state index contributed by atoms with van der Waals surface area (Å²) in [7, 11) is 0. The third-order valence-corrected chi connectivity index (χ3v) is 5.29. The summed E-state index contributed by atoms with van der Waals surface area (Å²) in [6, 6.07) is 9.85. The van der Waals surface area contributed by atoms with Crippen LogP contribution >= 0.6 is 45.9 Å². The van der Waals surface area contributed by atoms with Gasteiger partial charge in [0.05, 0.1) is 10.9 Å². The molecule has 2 aromatic heterocycles. The fourth-order valence-corrected chi connectivity index (χ4v) is 4.45. The van der Waals surface area contributed by atoms with Crippen molar-refractivity contribution in [2.45, 2.75) is 6.61 Å². The standard InChI is InChI=1S/C13H8Cl2OS2/c14-8-2-1-7-3-11(17-10(7)4-8)9-5-13(15)18-12(9)6-16/h1-5,16H,6H2. The second-order valence-electron chi connectivity index (χ2n) is 3.84. The van der Waals surface area contributed by atoms with Crippen LogP contribution in [-0.2, 0) is 6.61 Å². The van der Waals surface area contributed by atoms with Gasteiger partial charge >= 0.3 is 0 Å². The molecule has 0 aliphatic heterocycles. The van der Waals surface area contributed by atoms with E-state index >= 15 is 0 Å². The van der Waals surface area contributed by atoms with Gasteiger partial charge in [-0.15, -0.1) is 22.7 Å². The number of rotatable bonds is 2. The van der Waals surface area contributed by atoms with E-state index in [1.54, 1.807) is 11.3 Å². The molecule has 0 fully saturated rings. The summed E-state index contributed by atoms with van der Waals surface area (Å²) in [6.07, 6.45) is 0. The molecule has 0 amide bonds. The lowest BCUT2D eigenvalue weighted by Crippen LogP contribution is -1.78. The van der Waals surface area contributed by atoms with E-state index in [-0.39, 0.29) is 6.61 Å². The molecular weight excluding hydrogens is 307 g/mol. The Labute approximate surface area is 122 Å². The summed E-state index contributed by atoms with van der Waals surface area (Å²) in [5, 5.41) is 11.2. The van der Waals surface area contributed by atoms with Crippen molar-refractivity contribution < 1.29 is 5.11 Å². The van der Waals surface area contributed by atoms with Crippen LogP contribution < -0.4 is 0 Å². The molecule has 2 heterocycles. The topological polar surface area (TPSA) is 20.2 Å². The summed E-state index contributed by atoms with van der Waals surface area (Å²) >= 11 is 15.1. The Morgan fingerprint density at radius 2 is 1.89 bits per heavy atom. The minimum Gasteiger partial charge on any atom is -0.391 e. The predicted octanol–water partition coefficient (Wildman–Crippen LogP) is 5.43. The molecule has 3 aromatic rings.